The van der Waals surface area contributed by atoms with E-state index in [2.05, 4.69) is 42.7 Å². The van der Waals surface area contributed by atoms with Gasteiger partial charge in [0.15, 0.2) is 5.69 Å². The molecule has 1 aromatic carbocycles. The first-order valence-corrected chi connectivity index (χ1v) is 11.0. The van der Waals surface area contributed by atoms with Crippen molar-refractivity contribution in [3.05, 3.63) is 52.8 Å². The van der Waals surface area contributed by atoms with Crippen molar-refractivity contribution in [1.29, 1.82) is 0 Å². The van der Waals surface area contributed by atoms with Crippen LogP contribution in [0.25, 0.3) is 0 Å². The molecule has 2 aromatic rings. The Morgan fingerprint density at radius 1 is 1.21 bits per heavy atom. The maximum Gasteiger partial charge on any atom is 0.274 e. The van der Waals surface area contributed by atoms with Gasteiger partial charge in [-0.05, 0) is 70.6 Å². The van der Waals surface area contributed by atoms with Crippen LogP contribution in [0.3, 0.4) is 0 Å². The van der Waals surface area contributed by atoms with Crippen LogP contribution in [-0.4, -0.2) is 53.2 Å². The molecule has 5 nitrogen and oxygen atoms in total. The fourth-order valence-corrected chi connectivity index (χ4v) is 4.38. The third-order valence-corrected chi connectivity index (χ3v) is 5.91. The van der Waals surface area contributed by atoms with E-state index in [1.807, 2.05) is 30.1 Å². The van der Waals surface area contributed by atoms with Crippen molar-refractivity contribution in [2.45, 2.75) is 58.5 Å². The van der Waals surface area contributed by atoms with Gasteiger partial charge in [0.25, 0.3) is 5.91 Å². The third-order valence-electron chi connectivity index (χ3n) is 5.91. The minimum atomic E-state index is 0.0499. The van der Waals surface area contributed by atoms with Crippen LogP contribution in [0.5, 0.6) is 0 Å². The van der Waals surface area contributed by atoms with E-state index in [-0.39, 0.29) is 5.91 Å². The van der Waals surface area contributed by atoms with Gasteiger partial charge in [-0.2, -0.15) is 5.10 Å². The van der Waals surface area contributed by atoms with E-state index in [1.165, 1.54) is 30.5 Å². The molecular formula is C24H36N4O. The highest BCUT2D eigenvalue weighted by atomic mass is 16.2. The van der Waals surface area contributed by atoms with Gasteiger partial charge in [-0.3, -0.25) is 9.48 Å². The standard InChI is InChI=1S/C24H36N4O/c1-5-15-28-22-14-13-19(12-9-16-26(2)3)17-21(22)23(25-28)24(29)27(4)18-20-10-7-6-8-11-20/h6-8,10-11,19H,5,9,12-18H2,1-4H3. The molecule has 1 aliphatic carbocycles. The number of hydrogen-bond donors (Lipinski definition) is 0. The number of rotatable bonds is 9. The quantitative estimate of drug-likeness (QED) is 0.643. The summed E-state index contributed by atoms with van der Waals surface area (Å²) in [6.07, 6.45) is 6.73. The highest BCUT2D eigenvalue weighted by molar-refractivity contribution is 5.94. The van der Waals surface area contributed by atoms with Crippen molar-refractivity contribution in [1.82, 2.24) is 19.6 Å². The van der Waals surface area contributed by atoms with Crippen molar-refractivity contribution in [2.75, 3.05) is 27.7 Å². The highest BCUT2D eigenvalue weighted by Crippen LogP contribution is 2.31. The summed E-state index contributed by atoms with van der Waals surface area (Å²) in [5, 5.41) is 4.80. The minimum Gasteiger partial charge on any atom is -0.336 e. The van der Waals surface area contributed by atoms with Crippen LogP contribution in [0.4, 0.5) is 0 Å². The zero-order valence-corrected chi connectivity index (χ0v) is 18.5. The van der Waals surface area contributed by atoms with Gasteiger partial charge in [0.05, 0.1) is 0 Å². The van der Waals surface area contributed by atoms with E-state index in [0.29, 0.717) is 18.2 Å². The molecule has 1 atom stereocenters. The lowest BCUT2D eigenvalue weighted by Gasteiger charge is -2.24. The third kappa shape index (κ3) is 5.47. The topological polar surface area (TPSA) is 41.4 Å². The molecule has 0 fully saturated rings. The maximum absolute atomic E-state index is 13.3. The zero-order valence-electron chi connectivity index (χ0n) is 18.5. The van der Waals surface area contributed by atoms with E-state index in [0.717, 1.165) is 37.9 Å². The molecule has 0 aliphatic heterocycles. The first-order chi connectivity index (χ1) is 14.0. The molecule has 29 heavy (non-hydrogen) atoms. The van der Waals surface area contributed by atoms with Crippen LogP contribution in [-0.2, 0) is 25.9 Å². The van der Waals surface area contributed by atoms with Gasteiger partial charge >= 0.3 is 0 Å². The van der Waals surface area contributed by atoms with E-state index in [1.54, 1.807) is 0 Å². The number of hydrogen-bond acceptors (Lipinski definition) is 3. The normalized spacial score (nSPS) is 16.1. The van der Waals surface area contributed by atoms with Crippen LogP contribution < -0.4 is 0 Å². The van der Waals surface area contributed by atoms with E-state index >= 15 is 0 Å². The lowest BCUT2D eigenvalue weighted by molar-refractivity contribution is 0.0777. The Morgan fingerprint density at radius 2 is 1.97 bits per heavy atom. The molecule has 158 valence electrons. The Balaban J connectivity index is 1.77. The van der Waals surface area contributed by atoms with Crippen molar-refractivity contribution in [3.63, 3.8) is 0 Å². The van der Waals surface area contributed by atoms with Gasteiger partial charge in [-0.1, -0.05) is 37.3 Å². The summed E-state index contributed by atoms with van der Waals surface area (Å²) in [6, 6.07) is 10.2. The Kier molecular flexibility index (Phi) is 7.48. The largest absolute Gasteiger partial charge is 0.336 e. The lowest BCUT2D eigenvalue weighted by Crippen LogP contribution is -2.28. The number of amides is 1. The van der Waals surface area contributed by atoms with Gasteiger partial charge in [0.2, 0.25) is 0 Å². The van der Waals surface area contributed by atoms with E-state index in [9.17, 15) is 4.79 Å². The molecule has 1 aliphatic rings. The number of benzene rings is 1. The van der Waals surface area contributed by atoms with Gasteiger partial charge in [0, 0.05) is 31.4 Å². The molecule has 0 radical (unpaired) electrons. The molecule has 0 spiro atoms. The first kappa shape index (κ1) is 21.6. The van der Waals surface area contributed by atoms with Crippen LogP contribution >= 0.6 is 0 Å². The smallest absolute Gasteiger partial charge is 0.274 e. The predicted octanol–water partition coefficient (Wildman–Crippen LogP) is 4.01. The molecule has 1 aromatic heterocycles. The Hall–Kier alpha value is -2.14. The fraction of sp³-hybridized carbons (Fsp3) is 0.583. The van der Waals surface area contributed by atoms with Crippen LogP contribution in [0, 0.1) is 5.92 Å². The second kappa shape index (κ2) is 10.1. The summed E-state index contributed by atoms with van der Waals surface area (Å²) in [6.45, 7) is 4.80. The van der Waals surface area contributed by atoms with Crippen LogP contribution in [0.15, 0.2) is 30.3 Å². The number of fused-ring (bicyclic) bond motifs is 1. The monoisotopic (exact) mass is 396 g/mol. The average molecular weight is 397 g/mol. The molecular weight excluding hydrogens is 360 g/mol. The summed E-state index contributed by atoms with van der Waals surface area (Å²) < 4.78 is 2.11. The Labute approximate surface area is 175 Å². The molecule has 1 unspecified atom stereocenters. The molecule has 0 saturated carbocycles. The summed E-state index contributed by atoms with van der Waals surface area (Å²) >= 11 is 0. The van der Waals surface area contributed by atoms with Crippen LogP contribution in [0.2, 0.25) is 0 Å². The number of carbonyl (C=O) groups is 1. The second-order valence-electron chi connectivity index (χ2n) is 8.70. The van der Waals surface area contributed by atoms with Gasteiger partial charge in [-0.25, -0.2) is 0 Å². The molecule has 5 heteroatoms. The SMILES string of the molecule is CCCn1nc(C(=O)N(C)Cc2ccccc2)c2c1CCC(CCCN(C)C)C2. The van der Waals surface area contributed by atoms with Crippen LogP contribution in [0.1, 0.15) is 59.9 Å². The first-order valence-electron chi connectivity index (χ1n) is 11.0. The minimum absolute atomic E-state index is 0.0499. The van der Waals surface area contributed by atoms with Crippen molar-refractivity contribution in [2.24, 2.45) is 5.92 Å². The summed E-state index contributed by atoms with van der Waals surface area (Å²) in [7, 11) is 6.15. The molecule has 0 N–H and O–H groups in total. The number of carbonyl (C=O) groups excluding carboxylic acids is 1. The lowest BCUT2D eigenvalue weighted by atomic mass is 9.83. The Morgan fingerprint density at radius 3 is 2.66 bits per heavy atom. The van der Waals surface area contributed by atoms with Crippen molar-refractivity contribution < 1.29 is 4.79 Å². The molecule has 1 heterocycles. The average Bonchev–Trinajstić information content (AvgIpc) is 3.06. The molecule has 0 bridgehead atoms. The van der Waals surface area contributed by atoms with Crippen molar-refractivity contribution >= 4 is 5.91 Å². The number of aryl methyl sites for hydroxylation is 1. The second-order valence-corrected chi connectivity index (χ2v) is 8.70. The van der Waals surface area contributed by atoms with Gasteiger partial charge in [-0.15, -0.1) is 0 Å². The van der Waals surface area contributed by atoms with E-state index < -0.39 is 0 Å². The number of aromatic nitrogens is 2. The predicted molar refractivity (Wildman–Crippen MR) is 118 cm³/mol. The maximum atomic E-state index is 13.3. The zero-order chi connectivity index (χ0) is 20.8. The van der Waals surface area contributed by atoms with Crippen molar-refractivity contribution in [3.8, 4) is 0 Å². The van der Waals surface area contributed by atoms with Gasteiger partial charge in [0.1, 0.15) is 0 Å². The summed E-state index contributed by atoms with van der Waals surface area (Å²) in [5.74, 6) is 0.710. The van der Waals surface area contributed by atoms with E-state index in [4.69, 9.17) is 5.10 Å². The molecule has 0 saturated heterocycles. The summed E-state index contributed by atoms with van der Waals surface area (Å²) in [5.41, 5.74) is 4.34. The van der Waals surface area contributed by atoms with Gasteiger partial charge < -0.3 is 9.80 Å². The fourth-order valence-electron chi connectivity index (χ4n) is 4.38. The highest BCUT2D eigenvalue weighted by Gasteiger charge is 2.30. The molecule has 1 amide bonds. The Bertz CT molecular complexity index is 797. The summed E-state index contributed by atoms with van der Waals surface area (Å²) in [4.78, 5) is 17.4. The molecule has 3 rings (SSSR count). The number of nitrogens with zero attached hydrogens (tertiary/aromatic N) is 4.